The number of rotatable bonds is 5. The van der Waals surface area contributed by atoms with Crippen molar-refractivity contribution in [3.63, 3.8) is 0 Å². The number of hydrogen-bond acceptors (Lipinski definition) is 6. The second kappa shape index (κ2) is 6.01. The number of sulfonamides is 1. The van der Waals surface area contributed by atoms with Gasteiger partial charge in [0.25, 0.3) is 21.4 Å². The molecule has 0 unspecified atom stereocenters. The van der Waals surface area contributed by atoms with E-state index in [1.165, 1.54) is 37.4 Å². The maximum Gasteiger partial charge on any atom is 0.289 e. The number of hydrogen-bond donors (Lipinski definition) is 0. The number of anilines is 1. The fourth-order valence-electron chi connectivity index (χ4n) is 1.91. The summed E-state index contributed by atoms with van der Waals surface area (Å²) < 4.78 is 25.9. The third-order valence-electron chi connectivity index (χ3n) is 3.10. The number of para-hydroxylation sites is 1. The summed E-state index contributed by atoms with van der Waals surface area (Å²) in [5.41, 5.74) is -0.825. The van der Waals surface area contributed by atoms with Gasteiger partial charge in [0, 0.05) is 25.2 Å². The van der Waals surface area contributed by atoms with Crippen molar-refractivity contribution in [2.24, 2.45) is 0 Å². The molecule has 2 aromatic rings. The van der Waals surface area contributed by atoms with E-state index in [0.717, 1.165) is 22.5 Å². The van der Waals surface area contributed by atoms with E-state index >= 15 is 0 Å². The van der Waals surface area contributed by atoms with Crippen molar-refractivity contribution in [3.05, 3.63) is 68.8 Å². The van der Waals surface area contributed by atoms with Gasteiger partial charge < -0.3 is 0 Å². The molecule has 9 nitrogen and oxygen atoms in total. The van der Waals surface area contributed by atoms with E-state index in [2.05, 4.69) is 0 Å². The number of nitrogens with zero attached hydrogens (tertiary/aromatic N) is 3. The Balaban J connectivity index is 2.54. The lowest BCUT2D eigenvalue weighted by Gasteiger charge is -2.19. The predicted molar refractivity (Wildman–Crippen MR) is 81.8 cm³/mol. The quantitative estimate of drug-likeness (QED) is 0.609. The highest BCUT2D eigenvalue weighted by molar-refractivity contribution is 7.93. The van der Waals surface area contributed by atoms with Gasteiger partial charge in [-0.1, -0.05) is 18.2 Å². The van der Waals surface area contributed by atoms with Crippen LogP contribution in [0, 0.1) is 20.2 Å². The van der Waals surface area contributed by atoms with Gasteiger partial charge in [0.1, 0.15) is 0 Å². The molecule has 0 N–H and O–H groups in total. The SMILES string of the molecule is CN(c1cccc([N+](=O)[O-])c1)S(=O)(=O)c1ccccc1[N+](=O)[O-]. The summed E-state index contributed by atoms with van der Waals surface area (Å²) in [6, 6.07) is 9.89. The average Bonchev–Trinajstić information content (AvgIpc) is 2.54. The van der Waals surface area contributed by atoms with Crippen LogP contribution in [0.15, 0.2) is 53.4 Å². The normalized spacial score (nSPS) is 11.0. The van der Waals surface area contributed by atoms with Crippen molar-refractivity contribution in [3.8, 4) is 0 Å². The highest BCUT2D eigenvalue weighted by atomic mass is 32.2. The molecule has 0 saturated carbocycles. The van der Waals surface area contributed by atoms with E-state index in [1.54, 1.807) is 0 Å². The van der Waals surface area contributed by atoms with Crippen molar-refractivity contribution < 1.29 is 18.3 Å². The number of nitro benzene ring substituents is 2. The van der Waals surface area contributed by atoms with Gasteiger partial charge in [0.2, 0.25) is 0 Å². The van der Waals surface area contributed by atoms with E-state index in [0.29, 0.717) is 0 Å². The standard InChI is InChI=1S/C13H11N3O6S/c1-14(10-5-4-6-11(9-10)15(17)18)23(21,22)13-8-3-2-7-12(13)16(19)20/h2-9H,1H3. The Bertz CT molecular complexity index is 881. The van der Waals surface area contributed by atoms with E-state index in [9.17, 15) is 28.6 Å². The van der Waals surface area contributed by atoms with Crippen LogP contribution in [0.5, 0.6) is 0 Å². The van der Waals surface area contributed by atoms with Crippen LogP contribution in [0.2, 0.25) is 0 Å². The molecular formula is C13H11N3O6S. The van der Waals surface area contributed by atoms with E-state index in [-0.39, 0.29) is 11.4 Å². The molecule has 0 heterocycles. The molecule has 0 radical (unpaired) electrons. The van der Waals surface area contributed by atoms with Gasteiger partial charge in [-0.3, -0.25) is 24.5 Å². The summed E-state index contributed by atoms with van der Waals surface area (Å²) in [7, 11) is -3.07. The molecular weight excluding hydrogens is 326 g/mol. The number of nitro groups is 2. The zero-order valence-electron chi connectivity index (χ0n) is 11.8. The van der Waals surface area contributed by atoms with Crippen LogP contribution >= 0.6 is 0 Å². The highest BCUT2D eigenvalue weighted by Gasteiger charge is 2.29. The Morgan fingerprint density at radius 2 is 1.61 bits per heavy atom. The fourth-order valence-corrected chi connectivity index (χ4v) is 3.26. The van der Waals surface area contributed by atoms with Crippen LogP contribution in [-0.2, 0) is 10.0 Å². The monoisotopic (exact) mass is 337 g/mol. The topological polar surface area (TPSA) is 124 Å². The van der Waals surface area contributed by atoms with E-state index < -0.39 is 30.5 Å². The van der Waals surface area contributed by atoms with Crippen LogP contribution < -0.4 is 4.31 Å². The second-order valence-electron chi connectivity index (χ2n) is 4.47. The molecule has 2 rings (SSSR count). The van der Waals surface area contributed by atoms with Gasteiger partial charge >= 0.3 is 0 Å². The molecule has 0 atom stereocenters. The van der Waals surface area contributed by atoms with Gasteiger partial charge in [-0.25, -0.2) is 8.42 Å². The second-order valence-corrected chi connectivity index (χ2v) is 6.41. The Labute approximate surface area is 131 Å². The first-order chi connectivity index (χ1) is 10.7. The molecule has 2 aromatic carbocycles. The molecule has 10 heteroatoms. The molecule has 0 aliphatic rings. The molecule has 0 fully saturated rings. The largest absolute Gasteiger partial charge is 0.289 e. The van der Waals surface area contributed by atoms with Crippen molar-refractivity contribution in [2.75, 3.05) is 11.4 Å². The molecule has 0 aliphatic heterocycles. The van der Waals surface area contributed by atoms with Crippen molar-refractivity contribution in [1.82, 2.24) is 0 Å². The Morgan fingerprint density at radius 3 is 2.22 bits per heavy atom. The fraction of sp³-hybridized carbons (Fsp3) is 0.0769. The molecule has 0 spiro atoms. The molecule has 0 saturated heterocycles. The van der Waals surface area contributed by atoms with E-state index in [4.69, 9.17) is 0 Å². The zero-order valence-corrected chi connectivity index (χ0v) is 12.6. The lowest BCUT2D eigenvalue weighted by Crippen LogP contribution is -2.27. The van der Waals surface area contributed by atoms with Crippen LogP contribution in [0.25, 0.3) is 0 Å². The van der Waals surface area contributed by atoms with Crippen LogP contribution in [0.1, 0.15) is 0 Å². The van der Waals surface area contributed by atoms with Gasteiger partial charge in [0.05, 0.1) is 15.5 Å². The third-order valence-corrected chi connectivity index (χ3v) is 4.94. The first-order valence-corrected chi connectivity index (χ1v) is 7.66. The highest BCUT2D eigenvalue weighted by Crippen LogP contribution is 2.30. The van der Waals surface area contributed by atoms with Gasteiger partial charge in [-0.2, -0.15) is 0 Å². The first-order valence-electron chi connectivity index (χ1n) is 6.22. The smallest absolute Gasteiger partial charge is 0.269 e. The van der Waals surface area contributed by atoms with Crippen LogP contribution in [-0.4, -0.2) is 25.3 Å². The van der Waals surface area contributed by atoms with E-state index in [1.807, 2.05) is 0 Å². The Kier molecular flexibility index (Phi) is 4.27. The number of non-ortho nitro benzene ring substituents is 1. The summed E-state index contributed by atoms with van der Waals surface area (Å²) in [4.78, 5) is 19.8. The molecule has 0 aliphatic carbocycles. The minimum absolute atomic E-state index is 0.0253. The molecule has 0 amide bonds. The summed E-state index contributed by atoms with van der Waals surface area (Å²) in [6.07, 6.45) is 0. The average molecular weight is 337 g/mol. The van der Waals surface area contributed by atoms with Crippen LogP contribution in [0.4, 0.5) is 17.1 Å². The number of benzene rings is 2. The lowest BCUT2D eigenvalue weighted by atomic mass is 10.3. The molecule has 23 heavy (non-hydrogen) atoms. The van der Waals surface area contributed by atoms with Gasteiger partial charge in [-0.15, -0.1) is 0 Å². The molecule has 0 aromatic heterocycles. The summed E-state index contributed by atoms with van der Waals surface area (Å²) in [5.74, 6) is 0. The summed E-state index contributed by atoms with van der Waals surface area (Å²) in [6.45, 7) is 0. The molecule has 0 bridgehead atoms. The van der Waals surface area contributed by atoms with Crippen LogP contribution in [0.3, 0.4) is 0 Å². The maximum atomic E-state index is 12.6. The lowest BCUT2D eigenvalue weighted by molar-refractivity contribution is -0.387. The minimum Gasteiger partial charge on any atom is -0.269 e. The van der Waals surface area contributed by atoms with Crippen molar-refractivity contribution >= 4 is 27.1 Å². The van der Waals surface area contributed by atoms with Gasteiger partial charge in [-0.05, 0) is 12.1 Å². The van der Waals surface area contributed by atoms with Crippen molar-refractivity contribution in [1.29, 1.82) is 0 Å². The van der Waals surface area contributed by atoms with Gasteiger partial charge in [0.15, 0.2) is 4.90 Å². The third kappa shape index (κ3) is 3.11. The summed E-state index contributed by atoms with van der Waals surface area (Å²) in [5, 5.41) is 21.8. The van der Waals surface area contributed by atoms with Crippen molar-refractivity contribution in [2.45, 2.75) is 4.90 Å². The summed E-state index contributed by atoms with van der Waals surface area (Å²) >= 11 is 0. The Morgan fingerprint density at radius 1 is 0.957 bits per heavy atom. The molecule has 120 valence electrons. The minimum atomic E-state index is -4.24. The predicted octanol–water partition coefficient (Wildman–Crippen LogP) is 2.33. The Hall–Kier alpha value is -3.01. The maximum absolute atomic E-state index is 12.6. The zero-order chi connectivity index (χ0) is 17.2. The first kappa shape index (κ1) is 16.4.